The number of urea groups is 1. The first-order chi connectivity index (χ1) is 9.51. The molecule has 0 aliphatic carbocycles. The first kappa shape index (κ1) is 18.6. The van der Waals surface area contributed by atoms with Crippen molar-refractivity contribution in [3.05, 3.63) is 0 Å². The van der Waals surface area contributed by atoms with E-state index in [1.807, 2.05) is 13.2 Å². The largest absolute Gasteiger partial charge is 0.480 e. The van der Waals surface area contributed by atoms with Crippen molar-refractivity contribution in [2.75, 3.05) is 25.1 Å². The van der Waals surface area contributed by atoms with Gasteiger partial charge in [-0.3, -0.25) is 4.79 Å². The lowest BCUT2D eigenvalue weighted by Crippen LogP contribution is -2.46. The maximum absolute atomic E-state index is 11.5. The first-order valence-corrected chi connectivity index (χ1v) is 7.93. The molecule has 0 bridgehead atoms. The molecule has 3 amide bonds. The molecule has 8 heteroatoms. The molecule has 0 rings (SSSR count). The Kier molecular flexibility index (Phi) is 10.6. The second kappa shape index (κ2) is 11.4. The average Bonchev–Trinajstić information content (AvgIpc) is 2.40. The zero-order valence-corrected chi connectivity index (χ0v) is 12.7. The van der Waals surface area contributed by atoms with Gasteiger partial charge in [-0.05, 0) is 24.9 Å². The van der Waals surface area contributed by atoms with Crippen molar-refractivity contribution in [1.82, 2.24) is 16.0 Å². The number of nitrogens with one attached hydrogen (secondary N) is 3. The van der Waals surface area contributed by atoms with Crippen molar-refractivity contribution in [3.63, 3.8) is 0 Å². The van der Waals surface area contributed by atoms with Gasteiger partial charge in [0, 0.05) is 19.5 Å². The minimum atomic E-state index is -1.06. The summed E-state index contributed by atoms with van der Waals surface area (Å²) < 4.78 is 0. The van der Waals surface area contributed by atoms with Gasteiger partial charge in [0.15, 0.2) is 0 Å². The van der Waals surface area contributed by atoms with E-state index in [9.17, 15) is 14.4 Å². The molecule has 0 aliphatic rings. The molecule has 0 aromatic heterocycles. The first-order valence-electron chi connectivity index (χ1n) is 6.54. The van der Waals surface area contributed by atoms with E-state index in [1.165, 1.54) is 11.8 Å². The lowest BCUT2D eigenvalue weighted by atomic mass is 10.2. The minimum absolute atomic E-state index is 0.135. The van der Waals surface area contributed by atoms with Crippen molar-refractivity contribution in [2.24, 2.45) is 0 Å². The van der Waals surface area contributed by atoms with Crippen LogP contribution in [0, 0.1) is 0 Å². The summed E-state index contributed by atoms with van der Waals surface area (Å²) in [7, 11) is 0. The molecule has 0 spiro atoms. The fourth-order valence-electron chi connectivity index (χ4n) is 1.34. The molecule has 4 N–H and O–H groups in total. The predicted molar refractivity (Wildman–Crippen MR) is 78.9 cm³/mol. The molecule has 0 radical (unpaired) electrons. The third-order valence-electron chi connectivity index (χ3n) is 2.42. The summed E-state index contributed by atoms with van der Waals surface area (Å²) in [6.07, 6.45) is 3.26. The van der Waals surface area contributed by atoms with Crippen LogP contribution in [-0.4, -0.2) is 54.2 Å². The monoisotopic (exact) mass is 305 g/mol. The molecule has 0 aromatic rings. The second-order valence-electron chi connectivity index (χ2n) is 4.17. The van der Waals surface area contributed by atoms with E-state index >= 15 is 0 Å². The van der Waals surface area contributed by atoms with Gasteiger partial charge in [-0.1, -0.05) is 6.92 Å². The van der Waals surface area contributed by atoms with E-state index < -0.39 is 18.0 Å². The number of carbonyl (C=O) groups excluding carboxylic acids is 2. The topological polar surface area (TPSA) is 108 Å². The number of carboxylic acid groups (broad SMARTS) is 1. The number of hydrogen-bond acceptors (Lipinski definition) is 4. The fourth-order valence-corrected chi connectivity index (χ4v) is 1.82. The number of hydrogen-bond donors (Lipinski definition) is 4. The number of rotatable bonds is 10. The van der Waals surface area contributed by atoms with Crippen LogP contribution in [0.1, 0.15) is 26.2 Å². The summed E-state index contributed by atoms with van der Waals surface area (Å²) >= 11 is 1.52. The minimum Gasteiger partial charge on any atom is -0.480 e. The number of amides is 3. The van der Waals surface area contributed by atoms with E-state index in [2.05, 4.69) is 16.0 Å². The van der Waals surface area contributed by atoms with Crippen molar-refractivity contribution >= 4 is 29.7 Å². The molecular weight excluding hydrogens is 282 g/mol. The predicted octanol–water partition coefficient (Wildman–Crippen LogP) is 0.408. The number of carboxylic acids is 1. The van der Waals surface area contributed by atoms with E-state index in [0.717, 1.165) is 6.42 Å². The van der Waals surface area contributed by atoms with Crippen LogP contribution in [0.4, 0.5) is 4.79 Å². The summed E-state index contributed by atoms with van der Waals surface area (Å²) in [6.45, 7) is 2.74. The molecule has 0 aliphatic heterocycles. The van der Waals surface area contributed by atoms with Crippen LogP contribution in [0.3, 0.4) is 0 Å². The Morgan fingerprint density at radius 1 is 1.20 bits per heavy atom. The summed E-state index contributed by atoms with van der Waals surface area (Å²) in [4.78, 5) is 33.7. The lowest BCUT2D eigenvalue weighted by Gasteiger charge is -2.14. The summed E-state index contributed by atoms with van der Waals surface area (Å²) in [5, 5.41) is 16.5. The highest BCUT2D eigenvalue weighted by Gasteiger charge is 2.18. The van der Waals surface area contributed by atoms with E-state index in [4.69, 9.17) is 5.11 Å². The molecule has 0 heterocycles. The van der Waals surface area contributed by atoms with Gasteiger partial charge in [-0.2, -0.15) is 11.8 Å². The van der Waals surface area contributed by atoms with E-state index in [0.29, 0.717) is 18.7 Å². The van der Waals surface area contributed by atoms with Crippen LogP contribution >= 0.6 is 11.8 Å². The van der Waals surface area contributed by atoms with Crippen LogP contribution in [0.5, 0.6) is 0 Å². The van der Waals surface area contributed by atoms with Gasteiger partial charge in [0.25, 0.3) is 0 Å². The summed E-state index contributed by atoms with van der Waals surface area (Å²) in [5.41, 5.74) is 0. The Labute approximate surface area is 123 Å². The SMILES string of the molecule is CCCNC(=O)CCNC(=O)NC(CCSC)C(=O)O. The van der Waals surface area contributed by atoms with Gasteiger partial charge < -0.3 is 21.1 Å². The maximum atomic E-state index is 11.5. The average molecular weight is 305 g/mol. The summed E-state index contributed by atoms with van der Waals surface area (Å²) in [6, 6.07) is -1.47. The molecule has 0 aromatic carbocycles. The highest BCUT2D eigenvalue weighted by Crippen LogP contribution is 2.00. The highest BCUT2D eigenvalue weighted by molar-refractivity contribution is 7.98. The van der Waals surface area contributed by atoms with Crippen LogP contribution in [0.25, 0.3) is 0 Å². The van der Waals surface area contributed by atoms with Gasteiger partial charge in [0.05, 0.1) is 0 Å². The molecule has 20 heavy (non-hydrogen) atoms. The smallest absolute Gasteiger partial charge is 0.326 e. The molecule has 1 unspecified atom stereocenters. The lowest BCUT2D eigenvalue weighted by molar-refractivity contribution is -0.139. The van der Waals surface area contributed by atoms with Gasteiger partial charge in [0.2, 0.25) is 5.91 Å². The number of thioether (sulfide) groups is 1. The van der Waals surface area contributed by atoms with Crippen LogP contribution in [0.15, 0.2) is 0 Å². The standard InChI is InChI=1S/C12H23N3O4S/c1-3-6-13-10(16)4-7-14-12(19)15-9(11(17)18)5-8-20-2/h9H,3-8H2,1-2H3,(H,13,16)(H,17,18)(H2,14,15,19). The Bertz CT molecular complexity index is 326. The number of carbonyl (C=O) groups is 3. The van der Waals surface area contributed by atoms with Gasteiger partial charge >= 0.3 is 12.0 Å². The van der Waals surface area contributed by atoms with Crippen molar-refractivity contribution in [3.8, 4) is 0 Å². The molecule has 0 fully saturated rings. The van der Waals surface area contributed by atoms with Gasteiger partial charge in [-0.25, -0.2) is 9.59 Å². The van der Waals surface area contributed by atoms with Gasteiger partial charge in [-0.15, -0.1) is 0 Å². The molecule has 7 nitrogen and oxygen atoms in total. The van der Waals surface area contributed by atoms with Crippen molar-refractivity contribution in [2.45, 2.75) is 32.2 Å². The third kappa shape index (κ3) is 9.48. The Morgan fingerprint density at radius 2 is 1.90 bits per heavy atom. The van der Waals surface area contributed by atoms with Gasteiger partial charge in [0.1, 0.15) is 6.04 Å². The zero-order valence-electron chi connectivity index (χ0n) is 11.9. The highest BCUT2D eigenvalue weighted by atomic mass is 32.2. The Balaban J connectivity index is 3.90. The van der Waals surface area contributed by atoms with Crippen molar-refractivity contribution in [1.29, 1.82) is 0 Å². The fraction of sp³-hybridized carbons (Fsp3) is 0.750. The summed E-state index contributed by atoms with van der Waals surface area (Å²) in [5.74, 6) is -0.546. The van der Waals surface area contributed by atoms with Crippen LogP contribution in [0.2, 0.25) is 0 Å². The normalized spacial score (nSPS) is 11.5. The second-order valence-corrected chi connectivity index (χ2v) is 5.16. The number of aliphatic carboxylic acids is 1. The Morgan fingerprint density at radius 3 is 2.45 bits per heavy atom. The quantitative estimate of drug-likeness (QED) is 0.467. The van der Waals surface area contributed by atoms with Crippen molar-refractivity contribution < 1.29 is 19.5 Å². The molecular formula is C12H23N3O4S. The molecule has 1 atom stereocenters. The zero-order chi connectivity index (χ0) is 15.4. The third-order valence-corrected chi connectivity index (χ3v) is 3.07. The van der Waals surface area contributed by atoms with Crippen LogP contribution in [-0.2, 0) is 9.59 Å². The molecule has 0 saturated heterocycles. The Hall–Kier alpha value is -1.44. The maximum Gasteiger partial charge on any atom is 0.326 e. The van der Waals surface area contributed by atoms with Crippen LogP contribution < -0.4 is 16.0 Å². The van der Waals surface area contributed by atoms with E-state index in [-0.39, 0.29) is 18.9 Å². The van der Waals surface area contributed by atoms with E-state index in [1.54, 1.807) is 0 Å². The molecule has 116 valence electrons. The molecule has 0 saturated carbocycles.